The maximum Gasteiger partial charge on any atom is 0.459 e. The zero-order chi connectivity index (χ0) is 30.9. The second kappa shape index (κ2) is 15.4. The van der Waals surface area contributed by atoms with E-state index >= 15 is 0 Å². The van der Waals surface area contributed by atoms with Crippen molar-refractivity contribution in [3.05, 3.63) is 60.2 Å². The first-order valence-electron chi connectivity index (χ1n) is 13.3. The van der Waals surface area contributed by atoms with Crippen molar-refractivity contribution in [2.75, 3.05) is 20.8 Å². The van der Waals surface area contributed by atoms with Crippen molar-refractivity contribution in [2.24, 2.45) is 5.92 Å². The van der Waals surface area contributed by atoms with Crippen molar-refractivity contribution in [1.82, 2.24) is 10.4 Å². The van der Waals surface area contributed by atoms with Crippen LogP contribution in [0.5, 0.6) is 11.5 Å². The highest BCUT2D eigenvalue weighted by Gasteiger charge is 2.51. The van der Waals surface area contributed by atoms with E-state index in [1.54, 1.807) is 38.1 Å². The van der Waals surface area contributed by atoms with Crippen LogP contribution in [0.25, 0.3) is 0 Å². The van der Waals surface area contributed by atoms with Crippen LogP contribution in [0.15, 0.2) is 54.6 Å². The molecule has 7 atom stereocenters. The maximum absolute atomic E-state index is 14.5. The molecule has 1 unspecified atom stereocenters. The van der Waals surface area contributed by atoms with E-state index < -0.39 is 68.8 Å². The van der Waals surface area contributed by atoms with Gasteiger partial charge in [-0.3, -0.25) is 14.1 Å². The Hall–Kier alpha value is -3.03. The van der Waals surface area contributed by atoms with Crippen LogP contribution in [0.3, 0.4) is 0 Å². The molecule has 0 aromatic heterocycles. The summed E-state index contributed by atoms with van der Waals surface area (Å²) in [5, 5.41) is 26.1. The van der Waals surface area contributed by atoms with Crippen LogP contribution in [-0.2, 0) is 39.5 Å². The molecule has 1 amide bonds. The third kappa shape index (κ3) is 8.98. The molecule has 1 fully saturated rings. The Bertz CT molecular complexity index is 1200. The van der Waals surface area contributed by atoms with Crippen molar-refractivity contribution >= 4 is 19.6 Å². The Balaban J connectivity index is 1.96. The number of benzene rings is 2. The summed E-state index contributed by atoms with van der Waals surface area (Å²) in [6, 6.07) is 12.8. The minimum absolute atomic E-state index is 0.0218. The monoisotopic (exact) mass is 610 g/mol. The van der Waals surface area contributed by atoms with Gasteiger partial charge in [-0.05, 0) is 35.7 Å². The summed E-state index contributed by atoms with van der Waals surface area (Å²) in [5.41, 5.74) is 0.756. The SMILES string of the molecule is COc1ccc(OP(=O)(N[C@H](C(=O)OCc2ccccc2)C(C)C)O[C@H]2[C@H](O)[C@@H](CO)O[C@H](OC)[C@@H]2NC(C)=O)cc1. The molecular formula is C28H39N2O11P. The lowest BCUT2D eigenvalue weighted by atomic mass is 9.97. The fourth-order valence-corrected chi connectivity index (χ4v) is 6.14. The Kier molecular flexibility index (Phi) is 12.3. The fourth-order valence-electron chi connectivity index (χ4n) is 4.26. The topological polar surface area (TPSA) is 171 Å². The summed E-state index contributed by atoms with van der Waals surface area (Å²) in [5.74, 6) is -1.09. The number of methoxy groups -OCH3 is 2. The Morgan fingerprint density at radius 1 is 1.05 bits per heavy atom. The first-order chi connectivity index (χ1) is 20.0. The van der Waals surface area contributed by atoms with Gasteiger partial charge in [-0.15, -0.1) is 0 Å². The van der Waals surface area contributed by atoms with Crippen LogP contribution in [0.4, 0.5) is 0 Å². The summed E-state index contributed by atoms with van der Waals surface area (Å²) in [7, 11) is -1.80. The summed E-state index contributed by atoms with van der Waals surface area (Å²) in [4.78, 5) is 25.3. The van der Waals surface area contributed by atoms with Gasteiger partial charge in [-0.2, -0.15) is 5.09 Å². The van der Waals surface area contributed by atoms with Crippen LogP contribution in [0, 0.1) is 5.92 Å². The Labute approximate surface area is 245 Å². The number of ether oxygens (including phenoxy) is 4. The molecule has 1 saturated heterocycles. The van der Waals surface area contributed by atoms with Crippen molar-refractivity contribution < 1.29 is 52.4 Å². The fraction of sp³-hybridized carbons (Fsp3) is 0.500. The molecular weight excluding hydrogens is 571 g/mol. The highest BCUT2D eigenvalue weighted by molar-refractivity contribution is 7.52. The van der Waals surface area contributed by atoms with E-state index in [-0.39, 0.29) is 12.4 Å². The smallest absolute Gasteiger partial charge is 0.459 e. The second-order valence-electron chi connectivity index (χ2n) is 9.96. The molecule has 4 N–H and O–H groups in total. The van der Waals surface area contributed by atoms with Gasteiger partial charge in [0, 0.05) is 14.0 Å². The third-order valence-corrected chi connectivity index (χ3v) is 8.01. The average Bonchev–Trinajstić information content (AvgIpc) is 2.97. The lowest BCUT2D eigenvalue weighted by Crippen LogP contribution is -2.65. The van der Waals surface area contributed by atoms with Crippen LogP contribution in [0.2, 0.25) is 0 Å². The standard InChI is InChI=1S/C28H39N2O11P/c1-17(2)23(27(34)38-16-19-9-7-6-8-10-19)30-42(35,40-21-13-11-20(36-4)12-14-21)41-26-24(29-18(3)32)28(37-5)39-22(15-31)25(26)33/h6-14,17,22-26,28,31,33H,15-16H2,1-5H3,(H,29,32)(H,30,35)/t22-,23+,24-,25-,26-,28+,42?/m1/s1. The molecule has 0 aliphatic carbocycles. The van der Waals surface area contributed by atoms with E-state index in [0.29, 0.717) is 5.75 Å². The summed E-state index contributed by atoms with van der Waals surface area (Å²) in [6.45, 7) is 4.01. The van der Waals surface area contributed by atoms with Gasteiger partial charge in [0.25, 0.3) is 0 Å². The number of amides is 1. The number of aliphatic hydroxyl groups is 2. The molecule has 0 spiro atoms. The van der Waals surface area contributed by atoms with Gasteiger partial charge in [0.2, 0.25) is 5.91 Å². The lowest BCUT2D eigenvalue weighted by molar-refractivity contribution is -0.259. The first kappa shape index (κ1) is 33.5. The number of aliphatic hydroxyl groups excluding tert-OH is 2. The predicted octanol–water partition coefficient (Wildman–Crippen LogP) is 2.15. The largest absolute Gasteiger partial charge is 0.497 e. The summed E-state index contributed by atoms with van der Waals surface area (Å²) < 4.78 is 47.9. The van der Waals surface area contributed by atoms with Gasteiger partial charge in [-0.25, -0.2) is 4.57 Å². The molecule has 232 valence electrons. The molecule has 14 heteroatoms. The molecule has 1 heterocycles. The predicted molar refractivity (Wildman–Crippen MR) is 150 cm³/mol. The number of rotatable bonds is 14. The van der Waals surface area contributed by atoms with Crippen LogP contribution in [-0.4, -0.2) is 79.6 Å². The Morgan fingerprint density at radius 3 is 2.24 bits per heavy atom. The zero-order valence-corrected chi connectivity index (χ0v) is 25.1. The zero-order valence-electron chi connectivity index (χ0n) is 24.2. The molecule has 0 bridgehead atoms. The number of carbonyl (C=O) groups is 2. The van der Waals surface area contributed by atoms with Gasteiger partial charge < -0.3 is 39.0 Å². The third-order valence-electron chi connectivity index (χ3n) is 6.44. The Morgan fingerprint density at radius 2 is 1.69 bits per heavy atom. The molecule has 0 radical (unpaired) electrons. The minimum atomic E-state index is -4.58. The quantitative estimate of drug-likeness (QED) is 0.182. The van der Waals surface area contributed by atoms with E-state index in [4.69, 9.17) is 28.0 Å². The number of hydrogen-bond acceptors (Lipinski definition) is 11. The van der Waals surface area contributed by atoms with Gasteiger partial charge >= 0.3 is 13.7 Å². The van der Waals surface area contributed by atoms with E-state index in [1.165, 1.54) is 33.3 Å². The van der Waals surface area contributed by atoms with Gasteiger partial charge in [0.05, 0.1) is 13.7 Å². The van der Waals surface area contributed by atoms with Crippen molar-refractivity contribution in [1.29, 1.82) is 0 Å². The maximum atomic E-state index is 14.5. The highest BCUT2D eigenvalue weighted by atomic mass is 31.2. The molecule has 13 nitrogen and oxygen atoms in total. The molecule has 2 aromatic rings. The lowest BCUT2D eigenvalue weighted by Gasteiger charge is -2.44. The molecule has 1 aliphatic heterocycles. The number of carbonyl (C=O) groups excluding carboxylic acids is 2. The van der Waals surface area contributed by atoms with Crippen molar-refractivity contribution in [2.45, 2.75) is 64.1 Å². The van der Waals surface area contributed by atoms with Crippen LogP contribution < -0.4 is 19.7 Å². The molecule has 42 heavy (non-hydrogen) atoms. The molecule has 1 aliphatic rings. The van der Waals surface area contributed by atoms with E-state index in [0.717, 1.165) is 5.56 Å². The number of nitrogens with one attached hydrogen (secondary N) is 2. The van der Waals surface area contributed by atoms with E-state index in [1.807, 2.05) is 18.2 Å². The van der Waals surface area contributed by atoms with Gasteiger partial charge in [-0.1, -0.05) is 44.2 Å². The summed E-state index contributed by atoms with van der Waals surface area (Å²) in [6.07, 6.45) is -5.47. The first-order valence-corrected chi connectivity index (χ1v) is 14.9. The van der Waals surface area contributed by atoms with Crippen molar-refractivity contribution in [3.8, 4) is 11.5 Å². The highest BCUT2D eigenvalue weighted by Crippen LogP contribution is 2.49. The van der Waals surface area contributed by atoms with Crippen LogP contribution >= 0.6 is 7.75 Å². The number of esters is 1. The van der Waals surface area contributed by atoms with Crippen molar-refractivity contribution in [3.63, 3.8) is 0 Å². The molecule has 3 rings (SSSR count). The van der Waals surface area contributed by atoms with Gasteiger partial charge in [0.1, 0.15) is 48.5 Å². The summed E-state index contributed by atoms with van der Waals surface area (Å²) >= 11 is 0. The van der Waals surface area contributed by atoms with E-state index in [2.05, 4.69) is 10.4 Å². The number of hydrogen-bond donors (Lipinski definition) is 4. The van der Waals surface area contributed by atoms with E-state index in [9.17, 15) is 24.4 Å². The van der Waals surface area contributed by atoms with Gasteiger partial charge in [0.15, 0.2) is 6.29 Å². The second-order valence-corrected chi connectivity index (χ2v) is 11.6. The normalized spacial score (nSPS) is 24.3. The molecule has 2 aromatic carbocycles. The molecule has 0 saturated carbocycles. The average molecular weight is 611 g/mol. The minimum Gasteiger partial charge on any atom is -0.497 e. The van der Waals surface area contributed by atoms with Crippen LogP contribution in [0.1, 0.15) is 26.3 Å².